The molecule has 0 aliphatic carbocycles. The molecule has 11 nitrogen and oxygen atoms in total. The van der Waals surface area contributed by atoms with E-state index >= 15 is 4.39 Å². The number of halogens is 2. The van der Waals surface area contributed by atoms with Gasteiger partial charge in [0.25, 0.3) is 5.56 Å². The van der Waals surface area contributed by atoms with Gasteiger partial charge in [0, 0.05) is 32.8 Å². The van der Waals surface area contributed by atoms with Crippen molar-refractivity contribution in [1.82, 2.24) is 19.0 Å². The number of imidazole rings is 1. The van der Waals surface area contributed by atoms with Crippen molar-refractivity contribution >= 4 is 34.6 Å². The van der Waals surface area contributed by atoms with E-state index in [9.17, 15) is 23.6 Å². The van der Waals surface area contributed by atoms with Crippen LogP contribution in [0.25, 0.3) is 11.0 Å². The van der Waals surface area contributed by atoms with E-state index in [2.05, 4.69) is 10.3 Å². The number of benzene rings is 2. The van der Waals surface area contributed by atoms with Crippen molar-refractivity contribution in [3.8, 4) is 5.75 Å². The predicted molar refractivity (Wildman–Crippen MR) is 172 cm³/mol. The maximum Gasteiger partial charge on any atom is 0.420 e. The van der Waals surface area contributed by atoms with Gasteiger partial charge in [-0.1, -0.05) is 36.4 Å². The minimum Gasteiger partial charge on any atom is -0.483 e. The third-order valence-electron chi connectivity index (χ3n) is 6.75. The number of hydrogen-bond donors (Lipinski definition) is 1. The fraction of sp³-hybridized carbons (Fsp3) is 0.324. The van der Waals surface area contributed by atoms with Crippen LogP contribution in [0.3, 0.4) is 0 Å². The Bertz CT molecular complexity index is 1860. The van der Waals surface area contributed by atoms with Crippen molar-refractivity contribution in [2.45, 2.75) is 58.8 Å². The maximum atomic E-state index is 15.1. The van der Waals surface area contributed by atoms with Crippen LogP contribution in [0.5, 0.6) is 5.75 Å². The quantitative estimate of drug-likeness (QED) is 0.165. The second-order valence-electron chi connectivity index (χ2n) is 11.9. The second kappa shape index (κ2) is 14.8. The molecule has 2 amide bonds. The highest BCUT2D eigenvalue weighted by atomic mass is 19.2. The van der Waals surface area contributed by atoms with Crippen LogP contribution in [0.2, 0.25) is 0 Å². The van der Waals surface area contributed by atoms with Crippen molar-refractivity contribution in [2.24, 2.45) is 0 Å². The van der Waals surface area contributed by atoms with E-state index in [1.165, 1.54) is 33.9 Å². The van der Waals surface area contributed by atoms with Crippen molar-refractivity contribution in [1.29, 1.82) is 0 Å². The van der Waals surface area contributed by atoms with E-state index in [4.69, 9.17) is 9.47 Å². The van der Waals surface area contributed by atoms with Gasteiger partial charge in [0.2, 0.25) is 17.6 Å². The molecule has 0 saturated carbocycles. The van der Waals surface area contributed by atoms with Crippen molar-refractivity contribution < 1.29 is 32.6 Å². The molecule has 0 aliphatic heterocycles. The van der Waals surface area contributed by atoms with Crippen molar-refractivity contribution in [2.75, 3.05) is 19.4 Å². The van der Waals surface area contributed by atoms with Crippen molar-refractivity contribution in [3.63, 3.8) is 0 Å². The van der Waals surface area contributed by atoms with E-state index in [-0.39, 0.29) is 48.0 Å². The highest BCUT2D eigenvalue weighted by Crippen LogP contribution is 2.33. The SMILES string of the molecule is CN(C)C(=O)/C=C/CCCC(=O)Nc1cccn(Cc2nc3c(OCc4ccccc4)c(F)c(F)cc3n2C(=O)OC(C)(C)C)c1=O. The van der Waals surface area contributed by atoms with Gasteiger partial charge < -0.3 is 24.3 Å². The van der Waals surface area contributed by atoms with Crippen LogP contribution in [-0.4, -0.2) is 56.6 Å². The molecule has 0 unspecified atom stereocenters. The Hall–Kier alpha value is -5.33. The number of ether oxygens (including phenoxy) is 2. The van der Waals surface area contributed by atoms with Gasteiger partial charge in [-0.05, 0) is 57.4 Å². The first-order valence-corrected chi connectivity index (χ1v) is 14.9. The summed E-state index contributed by atoms with van der Waals surface area (Å²) in [5, 5.41) is 2.60. The molecule has 0 spiro atoms. The Morgan fingerprint density at radius 1 is 1.06 bits per heavy atom. The zero-order valence-corrected chi connectivity index (χ0v) is 26.9. The predicted octanol–water partition coefficient (Wildman–Crippen LogP) is 5.64. The first-order chi connectivity index (χ1) is 22.2. The fourth-order valence-corrected chi connectivity index (χ4v) is 4.49. The largest absolute Gasteiger partial charge is 0.483 e. The van der Waals surface area contributed by atoms with E-state index in [1.807, 2.05) is 0 Å². The van der Waals surface area contributed by atoms with E-state index in [0.717, 1.165) is 10.6 Å². The van der Waals surface area contributed by atoms with Crippen LogP contribution in [0.15, 0.2) is 71.7 Å². The standard InChI is InChI=1S/C34H37F2N5O6/c1-34(2,3)47-33(45)41-25-19-23(35)29(36)31(46-21-22-13-8-6-9-14-22)30(25)38-26(41)20-40-18-12-15-24(32(40)44)37-27(42)16-10-7-11-17-28(43)39(4)5/h6,8-9,11-15,17-19H,7,10,16,20-21H2,1-5H3,(H,37,42)/b17-11+. The molecule has 0 atom stereocenters. The Morgan fingerprint density at radius 3 is 2.47 bits per heavy atom. The minimum absolute atomic E-state index is 0.0141. The second-order valence-corrected chi connectivity index (χ2v) is 11.9. The van der Waals surface area contributed by atoms with Crippen molar-refractivity contribution in [3.05, 3.63) is 100 Å². The van der Waals surface area contributed by atoms with Gasteiger partial charge in [-0.2, -0.15) is 4.39 Å². The zero-order valence-electron chi connectivity index (χ0n) is 26.9. The molecule has 4 aromatic rings. The van der Waals surface area contributed by atoms with Gasteiger partial charge in [0.1, 0.15) is 29.2 Å². The minimum atomic E-state index is -1.28. The number of carbonyl (C=O) groups excluding carboxylic acids is 3. The average Bonchev–Trinajstić information content (AvgIpc) is 3.36. The van der Waals surface area contributed by atoms with Crippen LogP contribution in [0.4, 0.5) is 19.3 Å². The Labute approximate surface area is 270 Å². The topological polar surface area (TPSA) is 125 Å². The lowest BCUT2D eigenvalue weighted by atomic mass is 10.2. The summed E-state index contributed by atoms with van der Waals surface area (Å²) in [6.07, 6.45) is 4.66. The van der Waals surface area contributed by atoms with Gasteiger partial charge in [0.15, 0.2) is 11.6 Å². The molecular weight excluding hydrogens is 612 g/mol. The summed E-state index contributed by atoms with van der Waals surface area (Å²) in [4.78, 5) is 56.9. The number of nitrogens with one attached hydrogen (secondary N) is 1. The summed E-state index contributed by atoms with van der Waals surface area (Å²) in [6.45, 7) is 4.52. The summed E-state index contributed by atoms with van der Waals surface area (Å²) in [7, 11) is 3.27. The smallest absolute Gasteiger partial charge is 0.420 e. The number of fused-ring (bicyclic) bond motifs is 1. The van der Waals surface area contributed by atoms with Crippen LogP contribution >= 0.6 is 0 Å². The highest BCUT2D eigenvalue weighted by molar-refractivity contribution is 5.92. The molecule has 47 heavy (non-hydrogen) atoms. The molecule has 0 aliphatic rings. The summed E-state index contributed by atoms with van der Waals surface area (Å²) in [5.74, 6) is -3.67. The molecule has 248 valence electrons. The number of aromatic nitrogens is 3. The van der Waals surface area contributed by atoms with E-state index in [1.54, 1.807) is 71.3 Å². The Kier molecular flexibility index (Phi) is 10.9. The fourth-order valence-electron chi connectivity index (χ4n) is 4.49. The molecule has 2 aromatic heterocycles. The third kappa shape index (κ3) is 8.90. The lowest BCUT2D eigenvalue weighted by molar-refractivity contribution is -0.123. The number of carbonyl (C=O) groups is 3. The Morgan fingerprint density at radius 2 is 1.79 bits per heavy atom. The lowest BCUT2D eigenvalue weighted by Gasteiger charge is -2.20. The van der Waals surface area contributed by atoms with Crippen LogP contribution in [0, 0.1) is 11.6 Å². The number of allylic oxidation sites excluding steroid dienone is 1. The van der Waals surface area contributed by atoms with E-state index < -0.39 is 40.5 Å². The van der Waals surface area contributed by atoms with Crippen LogP contribution in [0.1, 0.15) is 51.4 Å². The van der Waals surface area contributed by atoms with Gasteiger partial charge in [0.05, 0.1) is 12.1 Å². The number of likely N-dealkylation sites (N-methyl/N-ethyl adjacent to an activating group) is 1. The van der Waals surface area contributed by atoms with Crippen LogP contribution < -0.4 is 15.6 Å². The van der Waals surface area contributed by atoms with Gasteiger partial charge in [-0.3, -0.25) is 14.4 Å². The highest BCUT2D eigenvalue weighted by Gasteiger charge is 2.28. The summed E-state index contributed by atoms with van der Waals surface area (Å²) in [6, 6.07) is 12.6. The Balaban J connectivity index is 1.64. The van der Waals surface area contributed by atoms with Gasteiger partial charge >= 0.3 is 6.09 Å². The van der Waals surface area contributed by atoms with Gasteiger partial charge in [-0.25, -0.2) is 18.7 Å². The normalized spacial score (nSPS) is 11.6. The zero-order chi connectivity index (χ0) is 34.3. The third-order valence-corrected chi connectivity index (χ3v) is 6.75. The monoisotopic (exact) mass is 649 g/mol. The number of unbranched alkanes of at least 4 members (excludes halogenated alkanes) is 1. The summed E-state index contributed by atoms with van der Waals surface area (Å²) in [5.41, 5.74) is -1.13. The first-order valence-electron chi connectivity index (χ1n) is 14.9. The van der Waals surface area contributed by atoms with Crippen LogP contribution in [-0.2, 0) is 27.5 Å². The molecular formula is C34H37F2N5O6. The number of nitrogens with zero attached hydrogens (tertiary/aromatic N) is 4. The lowest BCUT2D eigenvalue weighted by Crippen LogP contribution is -2.30. The molecule has 13 heteroatoms. The molecule has 0 fully saturated rings. The number of rotatable bonds is 11. The molecule has 2 heterocycles. The molecule has 1 N–H and O–H groups in total. The molecule has 0 radical (unpaired) electrons. The average molecular weight is 650 g/mol. The molecule has 4 rings (SSSR count). The van der Waals surface area contributed by atoms with E-state index in [0.29, 0.717) is 18.4 Å². The molecule has 2 aromatic carbocycles. The first kappa shape index (κ1) is 34.5. The van der Waals surface area contributed by atoms with Gasteiger partial charge in [-0.15, -0.1) is 0 Å². The molecule has 0 bridgehead atoms. The number of pyridine rings is 1. The number of amides is 2. The number of hydrogen-bond acceptors (Lipinski definition) is 7. The summed E-state index contributed by atoms with van der Waals surface area (Å²) < 4.78 is 43.5. The summed E-state index contributed by atoms with van der Waals surface area (Å²) >= 11 is 0. The maximum absolute atomic E-state index is 15.1. The molecule has 0 saturated heterocycles. The number of anilines is 1.